The largest absolute Gasteiger partial charge is 0.474 e. The summed E-state index contributed by atoms with van der Waals surface area (Å²) in [6.07, 6.45) is 7.87. The Bertz CT molecular complexity index is 861. The number of aliphatic hydroxyl groups is 1. The van der Waals surface area contributed by atoms with Gasteiger partial charge in [-0.2, -0.15) is 0 Å². The lowest BCUT2D eigenvalue weighted by atomic mass is 9.92. The number of fused-ring (bicyclic) bond motifs is 3. The topological polar surface area (TPSA) is 78.8 Å². The molecule has 2 aromatic heterocycles. The van der Waals surface area contributed by atoms with Crippen molar-refractivity contribution in [3.05, 3.63) is 16.8 Å². The first kappa shape index (κ1) is 20.5. The molecule has 1 amide bonds. The zero-order valence-electron chi connectivity index (χ0n) is 17.3. The van der Waals surface area contributed by atoms with Gasteiger partial charge in [-0.15, -0.1) is 11.3 Å². The molecule has 4 rings (SSSR count). The summed E-state index contributed by atoms with van der Waals surface area (Å²) in [4.78, 5) is 27.9. The molecular formula is C21H30N4O3S. The summed E-state index contributed by atoms with van der Waals surface area (Å²) in [6, 6.07) is 0.632. The van der Waals surface area contributed by atoms with Gasteiger partial charge >= 0.3 is 0 Å². The van der Waals surface area contributed by atoms with Crippen molar-refractivity contribution in [1.82, 2.24) is 19.8 Å². The molecule has 1 aliphatic heterocycles. The van der Waals surface area contributed by atoms with Gasteiger partial charge in [0.15, 0.2) is 0 Å². The smallest absolute Gasteiger partial charge is 0.225 e. The van der Waals surface area contributed by atoms with E-state index in [1.807, 2.05) is 4.90 Å². The maximum absolute atomic E-state index is 12.5. The minimum absolute atomic E-state index is 0.0497. The van der Waals surface area contributed by atoms with Crippen LogP contribution in [0, 0.1) is 0 Å². The zero-order chi connectivity index (χ0) is 20.4. The number of nitrogens with zero attached hydrogens (tertiary/aromatic N) is 4. The Kier molecular flexibility index (Phi) is 6.32. The van der Waals surface area contributed by atoms with E-state index in [0.29, 0.717) is 31.3 Å². The van der Waals surface area contributed by atoms with Crippen LogP contribution in [-0.4, -0.2) is 70.2 Å². The minimum Gasteiger partial charge on any atom is -0.474 e. The Labute approximate surface area is 175 Å². The number of carbonyl (C=O) groups is 1. The van der Waals surface area contributed by atoms with Crippen molar-refractivity contribution in [3.63, 3.8) is 0 Å². The molecule has 1 N–H and O–H groups in total. The Balaban J connectivity index is 1.53. The summed E-state index contributed by atoms with van der Waals surface area (Å²) >= 11 is 1.70. The Hall–Kier alpha value is -1.77. The van der Waals surface area contributed by atoms with Crippen LogP contribution >= 0.6 is 11.3 Å². The summed E-state index contributed by atoms with van der Waals surface area (Å²) in [5.74, 6) is 0.774. The van der Waals surface area contributed by atoms with Crippen molar-refractivity contribution < 1.29 is 14.6 Å². The van der Waals surface area contributed by atoms with Crippen LogP contribution in [0.3, 0.4) is 0 Å². The molecule has 0 unspecified atom stereocenters. The molecule has 0 bridgehead atoms. The van der Waals surface area contributed by atoms with Gasteiger partial charge in [-0.1, -0.05) is 0 Å². The molecule has 2 aliphatic rings. The van der Waals surface area contributed by atoms with Gasteiger partial charge < -0.3 is 19.6 Å². The van der Waals surface area contributed by atoms with Gasteiger partial charge in [0.2, 0.25) is 11.8 Å². The molecule has 158 valence electrons. The number of hydrogen-bond acceptors (Lipinski definition) is 7. The van der Waals surface area contributed by atoms with Crippen LogP contribution in [0.2, 0.25) is 0 Å². The van der Waals surface area contributed by atoms with Crippen LogP contribution in [0.1, 0.15) is 49.0 Å². The first-order valence-corrected chi connectivity index (χ1v) is 11.4. The quantitative estimate of drug-likeness (QED) is 0.777. The fourth-order valence-corrected chi connectivity index (χ4v) is 5.54. The molecule has 7 nitrogen and oxygen atoms in total. The van der Waals surface area contributed by atoms with Gasteiger partial charge in [-0.25, -0.2) is 9.97 Å². The first-order chi connectivity index (χ1) is 14.1. The highest BCUT2D eigenvalue weighted by atomic mass is 32.1. The summed E-state index contributed by atoms with van der Waals surface area (Å²) in [5, 5.41) is 10.0. The third kappa shape index (κ3) is 4.39. The maximum Gasteiger partial charge on any atom is 0.225 e. The second kappa shape index (κ2) is 8.93. The number of rotatable bonds is 6. The number of thiophene rings is 1. The van der Waals surface area contributed by atoms with Crippen LogP contribution in [0.25, 0.3) is 10.2 Å². The van der Waals surface area contributed by atoms with E-state index >= 15 is 0 Å². The number of hydrogen-bond donors (Lipinski definition) is 1. The Morgan fingerprint density at radius 1 is 1.31 bits per heavy atom. The molecule has 1 aliphatic carbocycles. The van der Waals surface area contributed by atoms with Crippen molar-refractivity contribution in [2.75, 3.05) is 27.2 Å². The minimum atomic E-state index is 0.0497. The second-order valence-electron chi connectivity index (χ2n) is 8.27. The molecule has 0 atom stereocenters. The van der Waals surface area contributed by atoms with Gasteiger partial charge in [-0.05, 0) is 52.6 Å². The van der Waals surface area contributed by atoms with E-state index in [9.17, 15) is 4.79 Å². The maximum atomic E-state index is 12.5. The highest BCUT2D eigenvalue weighted by Gasteiger charge is 2.29. The van der Waals surface area contributed by atoms with E-state index in [1.165, 1.54) is 4.88 Å². The third-order valence-corrected chi connectivity index (χ3v) is 7.35. The van der Waals surface area contributed by atoms with Gasteiger partial charge in [0.05, 0.1) is 5.39 Å². The number of aliphatic hydroxyl groups excluding tert-OH is 1. The molecule has 0 radical (unpaired) electrons. The highest BCUT2D eigenvalue weighted by molar-refractivity contribution is 7.18. The molecule has 0 aromatic carbocycles. The van der Waals surface area contributed by atoms with Crippen LogP contribution in [0.5, 0.6) is 5.88 Å². The molecule has 3 heterocycles. The van der Waals surface area contributed by atoms with Crippen LogP contribution in [0.4, 0.5) is 0 Å². The summed E-state index contributed by atoms with van der Waals surface area (Å²) in [7, 11) is 4.29. The predicted molar refractivity (Wildman–Crippen MR) is 113 cm³/mol. The molecule has 2 aromatic rings. The number of amides is 1. The zero-order valence-corrected chi connectivity index (χ0v) is 18.1. The number of ether oxygens (including phenoxy) is 1. The van der Waals surface area contributed by atoms with E-state index < -0.39 is 0 Å². The van der Waals surface area contributed by atoms with Gasteiger partial charge in [-0.3, -0.25) is 4.79 Å². The average Bonchev–Trinajstić information content (AvgIpc) is 3.11. The standard InChI is InChI=1S/C21H30N4O3S/c1-24(2)14-5-7-15(8-6-14)28-20-19-16-12-25(18(27)4-3-11-26)10-9-17(16)29-21(19)23-13-22-20/h13-15,26H,3-12H2,1-2H3/t14-,15-. The summed E-state index contributed by atoms with van der Waals surface area (Å²) < 4.78 is 6.38. The van der Waals surface area contributed by atoms with Crippen LogP contribution in [0.15, 0.2) is 6.33 Å². The van der Waals surface area contributed by atoms with Crippen molar-refractivity contribution in [3.8, 4) is 5.88 Å². The lowest BCUT2D eigenvalue weighted by molar-refractivity contribution is -0.132. The molecule has 0 spiro atoms. The summed E-state index contributed by atoms with van der Waals surface area (Å²) in [5.41, 5.74) is 1.14. The lowest BCUT2D eigenvalue weighted by Crippen LogP contribution is -2.36. The van der Waals surface area contributed by atoms with Crippen LogP contribution < -0.4 is 4.74 Å². The third-order valence-electron chi connectivity index (χ3n) is 6.15. The molecular weight excluding hydrogens is 388 g/mol. The normalized spacial score (nSPS) is 22.1. The van der Waals surface area contributed by atoms with E-state index in [-0.39, 0.29) is 18.6 Å². The molecule has 1 saturated carbocycles. The molecule has 1 fully saturated rings. The van der Waals surface area contributed by atoms with Crippen molar-refractivity contribution in [2.45, 2.75) is 63.6 Å². The van der Waals surface area contributed by atoms with Gasteiger partial charge in [0.25, 0.3) is 0 Å². The van der Waals surface area contributed by atoms with E-state index in [1.54, 1.807) is 17.7 Å². The fraction of sp³-hybridized carbons (Fsp3) is 0.667. The lowest BCUT2D eigenvalue weighted by Gasteiger charge is -2.32. The van der Waals surface area contributed by atoms with E-state index in [2.05, 4.69) is 29.0 Å². The van der Waals surface area contributed by atoms with Gasteiger partial charge in [0, 0.05) is 42.6 Å². The molecule has 8 heteroatoms. The van der Waals surface area contributed by atoms with Gasteiger partial charge in [0.1, 0.15) is 17.3 Å². The van der Waals surface area contributed by atoms with E-state index in [0.717, 1.165) is 54.4 Å². The Morgan fingerprint density at radius 3 is 2.83 bits per heavy atom. The summed E-state index contributed by atoms with van der Waals surface area (Å²) in [6.45, 7) is 1.35. The Morgan fingerprint density at radius 2 is 2.10 bits per heavy atom. The SMILES string of the molecule is CN(C)[C@H]1CC[C@H](Oc2ncnc3sc4c(c23)CN(C(=O)CCCO)CC4)CC1. The second-order valence-corrected chi connectivity index (χ2v) is 9.35. The van der Waals surface area contributed by atoms with Crippen molar-refractivity contribution in [2.24, 2.45) is 0 Å². The highest BCUT2D eigenvalue weighted by Crippen LogP contribution is 2.39. The van der Waals surface area contributed by atoms with Crippen LogP contribution in [-0.2, 0) is 17.8 Å². The number of aromatic nitrogens is 2. The molecule has 0 saturated heterocycles. The number of carbonyl (C=O) groups excluding carboxylic acids is 1. The first-order valence-electron chi connectivity index (χ1n) is 10.5. The van der Waals surface area contributed by atoms with Crippen molar-refractivity contribution >= 4 is 27.5 Å². The van der Waals surface area contributed by atoms with E-state index in [4.69, 9.17) is 9.84 Å². The predicted octanol–water partition coefficient (Wildman–Crippen LogP) is 2.60. The molecule has 29 heavy (non-hydrogen) atoms. The monoisotopic (exact) mass is 418 g/mol. The fourth-order valence-electron chi connectivity index (χ4n) is 4.41. The van der Waals surface area contributed by atoms with Crippen molar-refractivity contribution in [1.29, 1.82) is 0 Å². The average molecular weight is 419 g/mol.